The summed E-state index contributed by atoms with van der Waals surface area (Å²) in [6, 6.07) is 10.6. The van der Waals surface area contributed by atoms with Crippen molar-refractivity contribution in [3.8, 4) is 10.6 Å². The molecule has 4 heteroatoms. The molecule has 3 nitrogen and oxygen atoms in total. The number of ether oxygens (including phenoxy) is 1. The van der Waals surface area contributed by atoms with Crippen molar-refractivity contribution >= 4 is 11.3 Å². The van der Waals surface area contributed by atoms with E-state index in [1.807, 2.05) is 0 Å². The fourth-order valence-corrected chi connectivity index (χ4v) is 3.18. The summed E-state index contributed by atoms with van der Waals surface area (Å²) in [5, 5.41) is 2.10. The van der Waals surface area contributed by atoms with Crippen molar-refractivity contribution in [2.45, 2.75) is 12.8 Å². The summed E-state index contributed by atoms with van der Waals surface area (Å²) >= 11 is 1.75. The monoisotopic (exact) mass is 288 g/mol. The Balaban J connectivity index is 1.53. The van der Waals surface area contributed by atoms with Crippen LogP contribution in [-0.4, -0.2) is 42.7 Å². The third-order valence-electron chi connectivity index (χ3n) is 3.59. The van der Waals surface area contributed by atoms with Gasteiger partial charge in [0.2, 0.25) is 0 Å². The van der Waals surface area contributed by atoms with E-state index < -0.39 is 0 Å². The van der Waals surface area contributed by atoms with Crippen LogP contribution in [0.2, 0.25) is 0 Å². The molecule has 0 radical (unpaired) electrons. The zero-order valence-electron chi connectivity index (χ0n) is 11.6. The summed E-state index contributed by atoms with van der Waals surface area (Å²) in [5.74, 6) is 0. The summed E-state index contributed by atoms with van der Waals surface area (Å²) in [6.45, 7) is 5.05. The van der Waals surface area contributed by atoms with Gasteiger partial charge in [-0.1, -0.05) is 12.1 Å². The molecule has 1 aliphatic heterocycles. The topological polar surface area (TPSA) is 25.4 Å². The molecule has 0 unspecified atom stereocenters. The molecule has 0 atom stereocenters. The minimum atomic E-state index is 0.881. The fraction of sp³-hybridized carbons (Fsp3) is 0.438. The van der Waals surface area contributed by atoms with Gasteiger partial charge < -0.3 is 4.74 Å². The lowest BCUT2D eigenvalue weighted by atomic mass is 10.2. The number of hydrogen-bond donors (Lipinski definition) is 0. The molecule has 106 valence electrons. The van der Waals surface area contributed by atoms with Crippen LogP contribution in [-0.2, 0) is 11.2 Å². The lowest BCUT2D eigenvalue weighted by molar-refractivity contribution is 0.0374. The number of thiophene rings is 1. The first-order valence-corrected chi connectivity index (χ1v) is 8.10. The SMILES string of the molecule is c1cc(CCCN2CCOCC2)nc(-c2cccs2)c1. The molecule has 0 aromatic carbocycles. The molecule has 20 heavy (non-hydrogen) atoms. The largest absolute Gasteiger partial charge is 0.379 e. The number of rotatable bonds is 5. The van der Waals surface area contributed by atoms with Gasteiger partial charge in [0, 0.05) is 18.8 Å². The normalized spacial score (nSPS) is 16.4. The molecule has 2 aromatic rings. The highest BCUT2D eigenvalue weighted by atomic mass is 32.1. The summed E-state index contributed by atoms with van der Waals surface area (Å²) in [7, 11) is 0. The summed E-state index contributed by atoms with van der Waals surface area (Å²) in [6.07, 6.45) is 2.22. The molecule has 3 rings (SSSR count). The first-order chi connectivity index (χ1) is 9.92. The molecule has 0 spiro atoms. The van der Waals surface area contributed by atoms with Crippen molar-refractivity contribution in [1.82, 2.24) is 9.88 Å². The third-order valence-corrected chi connectivity index (χ3v) is 4.48. The summed E-state index contributed by atoms with van der Waals surface area (Å²) < 4.78 is 5.37. The van der Waals surface area contributed by atoms with E-state index in [1.165, 1.54) is 17.0 Å². The molecule has 2 aromatic heterocycles. The Kier molecular flexibility index (Phi) is 4.79. The Bertz CT molecular complexity index is 521. The van der Waals surface area contributed by atoms with Gasteiger partial charge in [0.15, 0.2) is 0 Å². The first-order valence-electron chi connectivity index (χ1n) is 7.22. The number of aryl methyl sites for hydroxylation is 1. The van der Waals surface area contributed by atoms with Crippen molar-refractivity contribution in [2.24, 2.45) is 0 Å². The second kappa shape index (κ2) is 6.97. The number of nitrogens with zero attached hydrogens (tertiary/aromatic N) is 2. The summed E-state index contributed by atoms with van der Waals surface area (Å²) in [4.78, 5) is 8.49. The molecule has 1 aliphatic rings. The van der Waals surface area contributed by atoms with Gasteiger partial charge in [-0.2, -0.15) is 0 Å². The van der Waals surface area contributed by atoms with Crippen molar-refractivity contribution < 1.29 is 4.74 Å². The van der Waals surface area contributed by atoms with Crippen LogP contribution in [0, 0.1) is 0 Å². The zero-order valence-corrected chi connectivity index (χ0v) is 12.4. The predicted molar refractivity (Wildman–Crippen MR) is 83.1 cm³/mol. The molecule has 0 saturated carbocycles. The highest BCUT2D eigenvalue weighted by Crippen LogP contribution is 2.22. The van der Waals surface area contributed by atoms with E-state index in [4.69, 9.17) is 9.72 Å². The van der Waals surface area contributed by atoms with Gasteiger partial charge in [-0.25, -0.2) is 0 Å². The molecule has 1 fully saturated rings. The van der Waals surface area contributed by atoms with E-state index in [0.29, 0.717) is 0 Å². The van der Waals surface area contributed by atoms with Gasteiger partial charge in [-0.05, 0) is 43.0 Å². The third kappa shape index (κ3) is 3.66. The molecule has 0 N–H and O–H groups in total. The minimum Gasteiger partial charge on any atom is -0.379 e. The molecular formula is C16H20N2OS. The molecular weight excluding hydrogens is 268 g/mol. The van der Waals surface area contributed by atoms with E-state index in [9.17, 15) is 0 Å². The maximum atomic E-state index is 5.37. The Labute approximate surface area is 124 Å². The highest BCUT2D eigenvalue weighted by molar-refractivity contribution is 7.13. The number of morpholine rings is 1. The van der Waals surface area contributed by atoms with Crippen LogP contribution in [0.4, 0.5) is 0 Å². The minimum absolute atomic E-state index is 0.881. The van der Waals surface area contributed by atoms with Gasteiger partial charge in [0.1, 0.15) is 0 Å². The lowest BCUT2D eigenvalue weighted by Gasteiger charge is -2.26. The van der Waals surface area contributed by atoms with Crippen molar-refractivity contribution in [2.75, 3.05) is 32.8 Å². The molecule has 0 bridgehead atoms. The average Bonchev–Trinajstić information content (AvgIpc) is 3.03. The number of aromatic nitrogens is 1. The second-order valence-electron chi connectivity index (χ2n) is 5.05. The Morgan fingerprint density at radius 3 is 2.85 bits per heavy atom. The van der Waals surface area contributed by atoms with E-state index in [-0.39, 0.29) is 0 Å². The number of pyridine rings is 1. The summed E-state index contributed by atoms with van der Waals surface area (Å²) in [5.41, 5.74) is 2.30. The van der Waals surface area contributed by atoms with Crippen LogP contribution in [0.25, 0.3) is 10.6 Å². The number of hydrogen-bond acceptors (Lipinski definition) is 4. The van der Waals surface area contributed by atoms with Gasteiger partial charge >= 0.3 is 0 Å². The van der Waals surface area contributed by atoms with Crippen LogP contribution in [0.15, 0.2) is 35.7 Å². The maximum Gasteiger partial charge on any atom is 0.0804 e. The Hall–Kier alpha value is -1.23. The van der Waals surface area contributed by atoms with Crippen LogP contribution in [0.5, 0.6) is 0 Å². The smallest absolute Gasteiger partial charge is 0.0804 e. The fourth-order valence-electron chi connectivity index (χ4n) is 2.49. The van der Waals surface area contributed by atoms with Crippen molar-refractivity contribution in [1.29, 1.82) is 0 Å². The van der Waals surface area contributed by atoms with Gasteiger partial charge in [-0.3, -0.25) is 9.88 Å². The standard InChI is InChI=1S/C16H20N2OS/c1-4-14(5-2-8-18-9-11-19-12-10-18)17-15(6-1)16-7-3-13-20-16/h1,3-4,6-7,13H,2,5,8-12H2. The molecule has 3 heterocycles. The van der Waals surface area contributed by atoms with E-state index in [0.717, 1.165) is 45.0 Å². The van der Waals surface area contributed by atoms with Crippen molar-refractivity contribution in [3.63, 3.8) is 0 Å². The van der Waals surface area contributed by atoms with Gasteiger partial charge in [0.05, 0.1) is 23.8 Å². The second-order valence-corrected chi connectivity index (χ2v) is 6.00. The van der Waals surface area contributed by atoms with Crippen LogP contribution in [0.3, 0.4) is 0 Å². The quantitative estimate of drug-likeness (QED) is 0.845. The van der Waals surface area contributed by atoms with Gasteiger partial charge in [0.25, 0.3) is 0 Å². The zero-order chi connectivity index (χ0) is 13.6. The molecule has 1 saturated heterocycles. The molecule has 0 aliphatic carbocycles. The molecule has 0 amide bonds. The predicted octanol–water partition coefficient (Wildman–Crippen LogP) is 3.07. The van der Waals surface area contributed by atoms with Crippen molar-refractivity contribution in [3.05, 3.63) is 41.4 Å². The van der Waals surface area contributed by atoms with E-state index >= 15 is 0 Å². The Morgan fingerprint density at radius 1 is 1.15 bits per heavy atom. The maximum absolute atomic E-state index is 5.37. The first kappa shape index (κ1) is 13.7. The van der Waals surface area contributed by atoms with Gasteiger partial charge in [-0.15, -0.1) is 11.3 Å². The van der Waals surface area contributed by atoms with Crippen LogP contribution < -0.4 is 0 Å². The highest BCUT2D eigenvalue weighted by Gasteiger charge is 2.09. The van der Waals surface area contributed by atoms with Crippen LogP contribution in [0.1, 0.15) is 12.1 Å². The lowest BCUT2D eigenvalue weighted by Crippen LogP contribution is -2.36. The van der Waals surface area contributed by atoms with Crippen LogP contribution >= 0.6 is 11.3 Å². The Morgan fingerprint density at radius 2 is 2.05 bits per heavy atom. The average molecular weight is 288 g/mol. The van der Waals surface area contributed by atoms with E-state index in [1.54, 1.807) is 11.3 Å². The van der Waals surface area contributed by atoms with E-state index in [2.05, 4.69) is 40.6 Å².